The number of aliphatic imine (C=N–C) groups is 2. The number of nitrogens with zero attached hydrogens (tertiary/aromatic N) is 3. The summed E-state index contributed by atoms with van der Waals surface area (Å²) in [5.74, 6) is 1.53. The van der Waals surface area contributed by atoms with Gasteiger partial charge in [0.05, 0.1) is 21.4 Å². The monoisotopic (exact) mass is 672 g/mol. The van der Waals surface area contributed by atoms with Gasteiger partial charge in [-0.3, -0.25) is 0 Å². The molecule has 1 N–H and O–H groups in total. The third-order valence-electron chi connectivity index (χ3n) is 10.1. The van der Waals surface area contributed by atoms with E-state index in [0.29, 0.717) is 5.84 Å². The lowest BCUT2D eigenvalue weighted by Crippen LogP contribution is -2.33. The molecule has 0 fully saturated rings. The number of thiophene rings is 1. The van der Waals surface area contributed by atoms with Gasteiger partial charge in [-0.2, -0.15) is 0 Å². The predicted molar refractivity (Wildman–Crippen MR) is 213 cm³/mol. The number of hydrogen-bond donors (Lipinski definition) is 1. The maximum absolute atomic E-state index is 7.01. The number of aromatic nitrogens is 1. The molecule has 1 aliphatic heterocycles. The molecule has 11 rings (SSSR count). The Morgan fingerprint density at radius 3 is 1.86 bits per heavy atom. The van der Waals surface area contributed by atoms with E-state index in [1.54, 1.807) is 11.3 Å². The van der Waals surface area contributed by atoms with E-state index in [-0.39, 0.29) is 6.17 Å². The van der Waals surface area contributed by atoms with Crippen LogP contribution < -0.4 is 5.32 Å². The third-order valence-corrected chi connectivity index (χ3v) is 11.3. The van der Waals surface area contributed by atoms with Crippen molar-refractivity contribution in [2.45, 2.75) is 6.17 Å². The van der Waals surface area contributed by atoms with E-state index in [1.807, 2.05) is 36.4 Å². The Morgan fingerprint density at radius 2 is 1.10 bits per heavy atom. The molecule has 6 heteroatoms. The van der Waals surface area contributed by atoms with E-state index in [9.17, 15) is 0 Å². The van der Waals surface area contributed by atoms with Gasteiger partial charge >= 0.3 is 0 Å². The molecule has 51 heavy (non-hydrogen) atoms. The van der Waals surface area contributed by atoms with E-state index in [4.69, 9.17) is 14.4 Å². The van der Waals surface area contributed by atoms with Crippen LogP contribution in [0, 0.1) is 0 Å². The summed E-state index contributed by atoms with van der Waals surface area (Å²) in [6, 6.07) is 55.3. The van der Waals surface area contributed by atoms with Gasteiger partial charge in [0.1, 0.15) is 12.0 Å². The second kappa shape index (κ2) is 11.0. The van der Waals surface area contributed by atoms with Crippen molar-refractivity contribution >= 4 is 86.9 Å². The average Bonchev–Trinajstić information content (AvgIpc) is 3.88. The zero-order valence-corrected chi connectivity index (χ0v) is 28.1. The van der Waals surface area contributed by atoms with Gasteiger partial charge in [-0.25, -0.2) is 9.98 Å². The van der Waals surface area contributed by atoms with Crippen LogP contribution in [0.2, 0.25) is 0 Å². The van der Waals surface area contributed by atoms with Crippen LogP contribution in [0.15, 0.2) is 172 Å². The molecule has 7 aromatic carbocycles. The first-order chi connectivity index (χ1) is 25.3. The lowest BCUT2D eigenvalue weighted by Gasteiger charge is -2.24. The number of benzene rings is 7. The highest BCUT2D eigenvalue weighted by atomic mass is 32.1. The minimum absolute atomic E-state index is 0.322. The molecule has 1 aliphatic rings. The zero-order chi connectivity index (χ0) is 33.5. The fraction of sp³-hybridized carbons (Fsp3) is 0.0222. The quantitative estimate of drug-likeness (QED) is 0.202. The molecule has 0 saturated carbocycles. The molecule has 0 spiro atoms. The average molecular weight is 673 g/mol. The second-order valence-electron chi connectivity index (χ2n) is 13.0. The van der Waals surface area contributed by atoms with Crippen molar-refractivity contribution in [1.29, 1.82) is 0 Å². The Labute approximate surface area is 296 Å². The molecule has 0 aliphatic carbocycles. The van der Waals surface area contributed by atoms with E-state index in [0.717, 1.165) is 65.9 Å². The minimum atomic E-state index is -0.322. The molecule has 0 amide bonds. The second-order valence-corrected chi connectivity index (χ2v) is 14.0. The summed E-state index contributed by atoms with van der Waals surface area (Å²) < 4.78 is 11.7. The van der Waals surface area contributed by atoms with E-state index in [2.05, 4.69) is 131 Å². The molecule has 1 unspecified atom stereocenters. The van der Waals surface area contributed by atoms with Gasteiger partial charge in [-0.15, -0.1) is 11.3 Å². The fourth-order valence-electron chi connectivity index (χ4n) is 7.76. The van der Waals surface area contributed by atoms with Crippen molar-refractivity contribution in [3.8, 4) is 5.69 Å². The normalized spacial score (nSPS) is 14.9. The molecule has 0 radical (unpaired) electrons. The Bertz CT molecular complexity index is 3010. The molecule has 4 heterocycles. The first-order valence-electron chi connectivity index (χ1n) is 17.1. The smallest absolute Gasteiger partial charge is 0.159 e. The summed E-state index contributed by atoms with van der Waals surface area (Å²) in [5.41, 5.74) is 8.30. The Balaban J connectivity index is 1.12. The Hall–Kier alpha value is -6.50. The maximum Gasteiger partial charge on any atom is 0.159 e. The highest BCUT2D eigenvalue weighted by Crippen LogP contribution is 2.45. The van der Waals surface area contributed by atoms with E-state index >= 15 is 0 Å². The van der Waals surface area contributed by atoms with Gasteiger partial charge < -0.3 is 14.3 Å². The fourth-order valence-corrected chi connectivity index (χ4v) is 9.08. The van der Waals surface area contributed by atoms with Crippen molar-refractivity contribution in [2.75, 3.05) is 0 Å². The lowest BCUT2D eigenvalue weighted by atomic mass is 10.0. The van der Waals surface area contributed by atoms with E-state index < -0.39 is 0 Å². The topological polar surface area (TPSA) is 54.8 Å². The number of hydrogen-bond acceptors (Lipinski definition) is 5. The molecule has 0 saturated heterocycles. The minimum Gasteiger partial charge on any atom is -0.452 e. The number of fused-ring (bicyclic) bond motifs is 10. The van der Waals surface area contributed by atoms with E-state index in [1.165, 1.54) is 26.2 Å². The molecule has 5 nitrogen and oxygen atoms in total. The van der Waals surface area contributed by atoms with Crippen LogP contribution in [0.1, 0.15) is 22.9 Å². The SMILES string of the molecule is c1ccc(C2=NC(c3cccc4c3sc3c4ccc4c5cccc(-n6c7ccccc7c7ccccc76)c5oc43)NC(c3ccccc3)=N2)cc1. The van der Waals surface area contributed by atoms with Gasteiger partial charge in [-0.05, 0) is 24.3 Å². The summed E-state index contributed by atoms with van der Waals surface area (Å²) in [7, 11) is 0. The molecule has 240 valence electrons. The Morgan fingerprint density at radius 1 is 0.510 bits per heavy atom. The van der Waals surface area contributed by atoms with Gasteiger partial charge in [0, 0.05) is 53.7 Å². The summed E-state index contributed by atoms with van der Waals surface area (Å²) >= 11 is 1.78. The third kappa shape index (κ3) is 4.27. The number of rotatable bonds is 4. The molecular weight excluding hydrogens is 645 g/mol. The molecule has 3 aromatic heterocycles. The number of furan rings is 1. The van der Waals surface area contributed by atoms with Gasteiger partial charge in [0.15, 0.2) is 17.0 Å². The van der Waals surface area contributed by atoms with Crippen LogP contribution in [-0.4, -0.2) is 16.2 Å². The summed E-state index contributed by atoms with van der Waals surface area (Å²) in [6.07, 6.45) is -0.322. The lowest BCUT2D eigenvalue weighted by molar-refractivity contribution is 0.670. The Kier molecular flexibility index (Phi) is 6.12. The summed E-state index contributed by atoms with van der Waals surface area (Å²) in [4.78, 5) is 10.2. The largest absolute Gasteiger partial charge is 0.452 e. The van der Waals surface area contributed by atoms with Crippen molar-refractivity contribution in [3.63, 3.8) is 0 Å². The van der Waals surface area contributed by atoms with Crippen molar-refractivity contribution < 1.29 is 4.42 Å². The first-order valence-corrected chi connectivity index (χ1v) is 17.9. The van der Waals surface area contributed by atoms with Crippen LogP contribution in [0.3, 0.4) is 0 Å². The summed E-state index contributed by atoms with van der Waals surface area (Å²) in [6.45, 7) is 0. The number of nitrogens with one attached hydrogen (secondary N) is 1. The maximum atomic E-state index is 7.01. The van der Waals surface area contributed by atoms with Crippen LogP contribution in [0.5, 0.6) is 0 Å². The van der Waals surface area contributed by atoms with Crippen LogP contribution in [0.25, 0.3) is 69.6 Å². The summed E-state index contributed by atoms with van der Waals surface area (Å²) in [5, 5.41) is 10.7. The highest BCUT2D eigenvalue weighted by molar-refractivity contribution is 7.26. The number of para-hydroxylation sites is 3. The van der Waals surface area contributed by atoms with Gasteiger partial charge in [0.2, 0.25) is 0 Å². The first kappa shape index (κ1) is 28.3. The molecule has 10 aromatic rings. The standard InChI is InChI=1S/C45H28N4OS/c1-3-13-27(14-4-1)43-46-44(28-15-5-2-6-16-28)48-45(47-43)35-21-11-20-33-34-26-25-32-31-19-12-24-38(39(31)50-40(32)42(34)51-41(33)35)49-36-22-9-7-17-29(36)30-18-8-10-23-37(30)49/h1-26,45H,(H,46,47,48). The van der Waals surface area contributed by atoms with Crippen LogP contribution >= 0.6 is 11.3 Å². The van der Waals surface area contributed by atoms with Crippen molar-refractivity contribution in [2.24, 2.45) is 9.98 Å². The molecular formula is C45H28N4OS. The van der Waals surface area contributed by atoms with Crippen LogP contribution in [0.4, 0.5) is 0 Å². The number of amidine groups is 2. The van der Waals surface area contributed by atoms with Gasteiger partial charge in [0.25, 0.3) is 0 Å². The van der Waals surface area contributed by atoms with Crippen LogP contribution in [-0.2, 0) is 0 Å². The molecule has 1 atom stereocenters. The van der Waals surface area contributed by atoms with Crippen molar-refractivity contribution in [1.82, 2.24) is 9.88 Å². The van der Waals surface area contributed by atoms with Crippen molar-refractivity contribution in [3.05, 3.63) is 174 Å². The van der Waals surface area contributed by atoms with Gasteiger partial charge in [-0.1, -0.05) is 133 Å². The highest BCUT2D eigenvalue weighted by Gasteiger charge is 2.25. The molecule has 0 bridgehead atoms. The predicted octanol–water partition coefficient (Wildman–Crippen LogP) is 11.5. The zero-order valence-electron chi connectivity index (χ0n) is 27.2.